The van der Waals surface area contributed by atoms with E-state index in [4.69, 9.17) is 4.42 Å². The minimum absolute atomic E-state index is 0.138. The molecule has 0 aromatic carbocycles. The van der Waals surface area contributed by atoms with Gasteiger partial charge in [0, 0.05) is 4.88 Å². The lowest BCUT2D eigenvalue weighted by Gasteiger charge is -2.28. The maximum atomic E-state index is 12.3. The SMILES string of the molecule is O=C(NC1(c2cccs2)CCCC1)c1ccc(Br)o1. The van der Waals surface area contributed by atoms with E-state index in [1.54, 1.807) is 23.5 Å². The van der Waals surface area contributed by atoms with Crippen LogP contribution in [0.1, 0.15) is 41.1 Å². The van der Waals surface area contributed by atoms with Gasteiger partial charge >= 0.3 is 0 Å². The summed E-state index contributed by atoms with van der Waals surface area (Å²) >= 11 is 4.93. The summed E-state index contributed by atoms with van der Waals surface area (Å²) in [6.45, 7) is 0. The Balaban J connectivity index is 1.85. The van der Waals surface area contributed by atoms with Gasteiger partial charge in [-0.3, -0.25) is 4.79 Å². The van der Waals surface area contributed by atoms with Crippen LogP contribution in [0.3, 0.4) is 0 Å². The Kier molecular flexibility index (Phi) is 3.50. The summed E-state index contributed by atoms with van der Waals surface area (Å²) < 4.78 is 5.90. The molecule has 1 aliphatic rings. The number of rotatable bonds is 3. The standard InChI is InChI=1S/C14H14BrNO2S/c15-12-6-5-10(18-12)13(17)16-14(7-1-2-8-14)11-4-3-9-19-11/h3-6,9H,1-2,7-8H2,(H,16,17). The first-order valence-corrected chi connectivity index (χ1v) is 7.99. The number of nitrogens with one attached hydrogen (secondary N) is 1. The monoisotopic (exact) mass is 339 g/mol. The van der Waals surface area contributed by atoms with Crippen molar-refractivity contribution in [1.29, 1.82) is 0 Å². The Morgan fingerprint density at radius 2 is 2.11 bits per heavy atom. The van der Waals surface area contributed by atoms with E-state index in [0.717, 1.165) is 25.7 Å². The summed E-state index contributed by atoms with van der Waals surface area (Å²) in [5, 5.41) is 5.24. The van der Waals surface area contributed by atoms with Crippen LogP contribution in [-0.2, 0) is 5.54 Å². The zero-order valence-electron chi connectivity index (χ0n) is 10.3. The summed E-state index contributed by atoms with van der Waals surface area (Å²) in [6, 6.07) is 7.57. The largest absolute Gasteiger partial charge is 0.444 e. The molecule has 0 aliphatic heterocycles. The molecule has 1 amide bonds. The van der Waals surface area contributed by atoms with Gasteiger partial charge in [0.2, 0.25) is 0 Å². The quantitative estimate of drug-likeness (QED) is 0.905. The number of carbonyl (C=O) groups is 1. The predicted molar refractivity (Wildman–Crippen MR) is 78.3 cm³/mol. The van der Waals surface area contributed by atoms with E-state index in [-0.39, 0.29) is 11.4 Å². The Hall–Kier alpha value is -1.07. The van der Waals surface area contributed by atoms with Crippen LogP contribution < -0.4 is 5.32 Å². The van der Waals surface area contributed by atoms with Gasteiger partial charge in [-0.15, -0.1) is 11.3 Å². The molecule has 1 saturated carbocycles. The number of carbonyl (C=O) groups excluding carboxylic acids is 1. The average Bonchev–Trinajstić information content (AvgIpc) is 3.08. The molecule has 0 radical (unpaired) electrons. The molecule has 2 heterocycles. The fourth-order valence-corrected chi connectivity index (χ4v) is 3.93. The van der Waals surface area contributed by atoms with Crippen LogP contribution in [0, 0.1) is 0 Å². The van der Waals surface area contributed by atoms with Crippen molar-refractivity contribution in [3.63, 3.8) is 0 Å². The molecule has 0 saturated heterocycles. The van der Waals surface area contributed by atoms with E-state index in [9.17, 15) is 4.79 Å². The van der Waals surface area contributed by atoms with Crippen molar-refractivity contribution >= 4 is 33.2 Å². The van der Waals surface area contributed by atoms with Gasteiger partial charge < -0.3 is 9.73 Å². The third-order valence-electron chi connectivity index (χ3n) is 3.60. The number of thiophene rings is 1. The van der Waals surface area contributed by atoms with Crippen molar-refractivity contribution < 1.29 is 9.21 Å². The van der Waals surface area contributed by atoms with Gasteiger partial charge in [-0.2, -0.15) is 0 Å². The molecule has 3 nitrogen and oxygen atoms in total. The zero-order chi connectivity index (χ0) is 13.3. The fraction of sp³-hybridized carbons (Fsp3) is 0.357. The Morgan fingerprint density at radius 3 is 2.68 bits per heavy atom. The summed E-state index contributed by atoms with van der Waals surface area (Å²) in [6.07, 6.45) is 4.31. The normalized spacial score (nSPS) is 17.5. The van der Waals surface area contributed by atoms with E-state index >= 15 is 0 Å². The molecule has 19 heavy (non-hydrogen) atoms. The zero-order valence-corrected chi connectivity index (χ0v) is 12.7. The van der Waals surface area contributed by atoms with Gasteiger partial charge in [-0.1, -0.05) is 18.9 Å². The number of hydrogen-bond acceptors (Lipinski definition) is 3. The molecule has 0 bridgehead atoms. The lowest BCUT2D eigenvalue weighted by Crippen LogP contribution is -2.43. The highest BCUT2D eigenvalue weighted by atomic mass is 79.9. The molecule has 2 aromatic heterocycles. The highest BCUT2D eigenvalue weighted by molar-refractivity contribution is 9.10. The average molecular weight is 340 g/mol. The Labute approximate surface area is 124 Å². The molecule has 5 heteroatoms. The second-order valence-corrected chi connectivity index (χ2v) is 6.55. The van der Waals surface area contributed by atoms with Gasteiger partial charge in [0.1, 0.15) is 0 Å². The van der Waals surface area contributed by atoms with Gasteiger partial charge in [0.05, 0.1) is 5.54 Å². The van der Waals surface area contributed by atoms with Crippen LogP contribution >= 0.6 is 27.3 Å². The van der Waals surface area contributed by atoms with E-state index in [2.05, 4.69) is 32.7 Å². The second-order valence-electron chi connectivity index (χ2n) is 4.82. The minimum Gasteiger partial charge on any atom is -0.444 e. The molecule has 0 atom stereocenters. The van der Waals surface area contributed by atoms with E-state index < -0.39 is 0 Å². The molecule has 1 fully saturated rings. The lowest BCUT2D eigenvalue weighted by atomic mass is 9.95. The van der Waals surface area contributed by atoms with Crippen molar-refractivity contribution in [1.82, 2.24) is 5.32 Å². The third-order valence-corrected chi connectivity index (χ3v) is 5.10. The molecule has 2 aromatic rings. The van der Waals surface area contributed by atoms with Gasteiger partial charge in [0.15, 0.2) is 10.4 Å². The second kappa shape index (κ2) is 5.13. The third kappa shape index (κ3) is 2.49. The van der Waals surface area contributed by atoms with Crippen molar-refractivity contribution in [2.75, 3.05) is 0 Å². The highest BCUT2D eigenvalue weighted by Gasteiger charge is 2.38. The summed E-state index contributed by atoms with van der Waals surface area (Å²) in [7, 11) is 0. The molecule has 3 rings (SSSR count). The molecule has 1 N–H and O–H groups in total. The van der Waals surface area contributed by atoms with Crippen molar-refractivity contribution in [2.24, 2.45) is 0 Å². The van der Waals surface area contributed by atoms with Crippen LogP contribution in [0.4, 0.5) is 0 Å². The van der Waals surface area contributed by atoms with E-state index in [1.807, 2.05) is 6.07 Å². The predicted octanol–water partition coefficient (Wildman–Crippen LogP) is 4.30. The topological polar surface area (TPSA) is 42.2 Å². The smallest absolute Gasteiger partial charge is 0.287 e. The highest BCUT2D eigenvalue weighted by Crippen LogP contribution is 2.41. The Bertz CT molecular complexity index is 570. The first kappa shape index (κ1) is 12.9. The lowest BCUT2D eigenvalue weighted by molar-refractivity contribution is 0.0870. The molecule has 100 valence electrons. The molecule has 1 aliphatic carbocycles. The number of furan rings is 1. The molecule has 0 spiro atoms. The van der Waals surface area contributed by atoms with Gasteiger partial charge in [-0.05, 0) is 52.4 Å². The number of hydrogen-bond donors (Lipinski definition) is 1. The molecular formula is C14H14BrNO2S. The molecular weight excluding hydrogens is 326 g/mol. The molecule has 0 unspecified atom stereocenters. The maximum Gasteiger partial charge on any atom is 0.287 e. The van der Waals surface area contributed by atoms with Crippen LogP contribution in [0.15, 0.2) is 38.7 Å². The van der Waals surface area contributed by atoms with E-state index in [1.165, 1.54) is 4.88 Å². The van der Waals surface area contributed by atoms with Crippen molar-refractivity contribution in [2.45, 2.75) is 31.2 Å². The summed E-state index contributed by atoms with van der Waals surface area (Å²) in [5.74, 6) is 0.218. The van der Waals surface area contributed by atoms with Gasteiger partial charge in [0.25, 0.3) is 5.91 Å². The maximum absolute atomic E-state index is 12.3. The van der Waals surface area contributed by atoms with Crippen LogP contribution in [0.5, 0.6) is 0 Å². The summed E-state index contributed by atoms with van der Waals surface area (Å²) in [4.78, 5) is 13.5. The van der Waals surface area contributed by atoms with Crippen LogP contribution in [-0.4, -0.2) is 5.91 Å². The van der Waals surface area contributed by atoms with Crippen molar-refractivity contribution in [3.8, 4) is 0 Å². The van der Waals surface area contributed by atoms with E-state index in [0.29, 0.717) is 10.4 Å². The van der Waals surface area contributed by atoms with Crippen LogP contribution in [0.2, 0.25) is 0 Å². The van der Waals surface area contributed by atoms with Crippen LogP contribution in [0.25, 0.3) is 0 Å². The summed E-state index contributed by atoms with van der Waals surface area (Å²) in [5.41, 5.74) is -0.204. The van der Waals surface area contributed by atoms with Gasteiger partial charge in [-0.25, -0.2) is 0 Å². The fourth-order valence-electron chi connectivity index (χ4n) is 2.68. The minimum atomic E-state index is -0.204. The Morgan fingerprint density at radius 1 is 1.32 bits per heavy atom. The first-order chi connectivity index (χ1) is 9.20. The number of amides is 1. The van der Waals surface area contributed by atoms with Crippen molar-refractivity contribution in [3.05, 3.63) is 45.0 Å². The first-order valence-electron chi connectivity index (χ1n) is 6.31. The number of halogens is 1.